The van der Waals surface area contributed by atoms with Gasteiger partial charge in [0.25, 0.3) is 0 Å². The second-order valence-corrected chi connectivity index (χ2v) is 4.69. The molecule has 0 spiro atoms. The molecule has 16 heavy (non-hydrogen) atoms. The molecule has 0 aliphatic carbocycles. The average Bonchev–Trinajstić information content (AvgIpc) is 2.86. The third-order valence-electron chi connectivity index (χ3n) is 3.45. The Hall–Kier alpha value is -1.35. The van der Waals surface area contributed by atoms with Crippen LogP contribution in [0.5, 0.6) is 0 Å². The second-order valence-electron chi connectivity index (χ2n) is 4.69. The molecule has 1 N–H and O–H groups in total. The summed E-state index contributed by atoms with van der Waals surface area (Å²) in [4.78, 5) is 4.74. The standard InChI is InChI=1S/C13H17N3/c1-9-4-6-16-10(2)15-13(12(16)7-9)11-3-5-14-8-11/h4,6-7,11,14H,3,5,8H2,1-2H3. The Morgan fingerprint density at radius 3 is 3.06 bits per heavy atom. The molecule has 3 heteroatoms. The number of fused-ring (bicyclic) bond motifs is 1. The molecule has 2 aromatic heterocycles. The first-order chi connectivity index (χ1) is 7.75. The topological polar surface area (TPSA) is 29.3 Å². The highest BCUT2D eigenvalue weighted by Crippen LogP contribution is 2.26. The highest BCUT2D eigenvalue weighted by Gasteiger charge is 2.22. The summed E-state index contributed by atoms with van der Waals surface area (Å²) in [7, 11) is 0. The first kappa shape index (κ1) is 9.85. The van der Waals surface area contributed by atoms with Gasteiger partial charge < -0.3 is 9.72 Å². The maximum absolute atomic E-state index is 4.74. The Kier molecular flexibility index (Phi) is 2.21. The predicted molar refractivity (Wildman–Crippen MR) is 64.9 cm³/mol. The molecule has 0 aromatic carbocycles. The molecule has 3 heterocycles. The zero-order valence-corrected chi connectivity index (χ0v) is 9.83. The molecular weight excluding hydrogens is 198 g/mol. The zero-order valence-electron chi connectivity index (χ0n) is 9.83. The number of pyridine rings is 1. The number of nitrogens with one attached hydrogen (secondary N) is 1. The summed E-state index contributed by atoms with van der Waals surface area (Å²) >= 11 is 0. The van der Waals surface area contributed by atoms with Gasteiger partial charge >= 0.3 is 0 Å². The summed E-state index contributed by atoms with van der Waals surface area (Å²) in [6.45, 7) is 6.40. The predicted octanol–water partition coefficient (Wildman–Crippen LogP) is 2.03. The van der Waals surface area contributed by atoms with Gasteiger partial charge in [0.1, 0.15) is 5.82 Å². The molecule has 0 saturated carbocycles. The van der Waals surface area contributed by atoms with Crippen LogP contribution < -0.4 is 5.32 Å². The van der Waals surface area contributed by atoms with Gasteiger partial charge in [-0.3, -0.25) is 0 Å². The minimum Gasteiger partial charge on any atom is -0.316 e. The number of hydrogen-bond donors (Lipinski definition) is 1. The minimum absolute atomic E-state index is 0.588. The van der Waals surface area contributed by atoms with E-state index in [0.29, 0.717) is 5.92 Å². The number of nitrogens with zero attached hydrogens (tertiary/aromatic N) is 2. The molecule has 1 unspecified atom stereocenters. The summed E-state index contributed by atoms with van der Waals surface area (Å²) in [6, 6.07) is 4.38. The van der Waals surface area contributed by atoms with Gasteiger partial charge in [-0.25, -0.2) is 4.98 Å². The van der Waals surface area contributed by atoms with Crippen molar-refractivity contribution in [2.24, 2.45) is 0 Å². The lowest BCUT2D eigenvalue weighted by atomic mass is 10.0. The fourth-order valence-corrected chi connectivity index (χ4v) is 2.56. The first-order valence-electron chi connectivity index (χ1n) is 5.91. The molecule has 3 rings (SSSR count). The van der Waals surface area contributed by atoms with E-state index in [9.17, 15) is 0 Å². The van der Waals surface area contributed by atoms with Gasteiger partial charge in [-0.2, -0.15) is 0 Å². The zero-order chi connectivity index (χ0) is 11.1. The van der Waals surface area contributed by atoms with Crippen LogP contribution in [0.2, 0.25) is 0 Å². The average molecular weight is 215 g/mol. The Labute approximate surface area is 95.5 Å². The molecule has 84 valence electrons. The van der Waals surface area contributed by atoms with Crippen LogP contribution in [0, 0.1) is 13.8 Å². The van der Waals surface area contributed by atoms with Crippen molar-refractivity contribution in [1.82, 2.24) is 14.7 Å². The Morgan fingerprint density at radius 1 is 1.44 bits per heavy atom. The summed E-state index contributed by atoms with van der Waals surface area (Å²) < 4.78 is 2.20. The largest absolute Gasteiger partial charge is 0.316 e. The van der Waals surface area contributed by atoms with Crippen molar-refractivity contribution in [3.05, 3.63) is 35.4 Å². The lowest BCUT2D eigenvalue weighted by Crippen LogP contribution is -2.08. The van der Waals surface area contributed by atoms with Crippen LogP contribution in [0.4, 0.5) is 0 Å². The number of aromatic nitrogens is 2. The van der Waals surface area contributed by atoms with Gasteiger partial charge in [0, 0.05) is 18.7 Å². The normalized spacial score (nSPS) is 20.8. The summed E-state index contributed by atoms with van der Waals surface area (Å²) in [5.74, 6) is 1.68. The van der Waals surface area contributed by atoms with Crippen molar-refractivity contribution in [1.29, 1.82) is 0 Å². The van der Waals surface area contributed by atoms with Crippen LogP contribution in [0.25, 0.3) is 5.52 Å². The van der Waals surface area contributed by atoms with Crippen molar-refractivity contribution in [3.63, 3.8) is 0 Å². The van der Waals surface area contributed by atoms with Crippen molar-refractivity contribution >= 4 is 5.52 Å². The molecule has 1 saturated heterocycles. The lowest BCUT2D eigenvalue weighted by molar-refractivity contribution is 0.744. The van der Waals surface area contributed by atoms with Gasteiger partial charge in [0.2, 0.25) is 0 Å². The fraction of sp³-hybridized carbons (Fsp3) is 0.462. The SMILES string of the molecule is Cc1ccn2c(C)nc(C3CCNC3)c2c1. The molecule has 1 aliphatic rings. The molecule has 0 radical (unpaired) electrons. The van der Waals surface area contributed by atoms with E-state index in [1.165, 1.54) is 23.2 Å². The van der Waals surface area contributed by atoms with Gasteiger partial charge in [-0.1, -0.05) is 0 Å². The van der Waals surface area contributed by atoms with E-state index < -0.39 is 0 Å². The molecule has 1 atom stereocenters. The monoisotopic (exact) mass is 215 g/mol. The molecule has 0 bridgehead atoms. The van der Waals surface area contributed by atoms with Gasteiger partial charge in [-0.15, -0.1) is 0 Å². The van der Waals surface area contributed by atoms with Crippen LogP contribution in [-0.2, 0) is 0 Å². The third kappa shape index (κ3) is 1.43. The third-order valence-corrected chi connectivity index (χ3v) is 3.45. The highest BCUT2D eigenvalue weighted by molar-refractivity contribution is 5.56. The molecule has 1 fully saturated rings. The van der Waals surface area contributed by atoms with E-state index in [2.05, 4.69) is 41.9 Å². The Bertz CT molecular complexity index is 521. The molecule has 2 aromatic rings. The Balaban J connectivity index is 2.19. The fourth-order valence-electron chi connectivity index (χ4n) is 2.56. The second kappa shape index (κ2) is 3.59. The van der Waals surface area contributed by atoms with E-state index in [1.807, 2.05) is 0 Å². The summed E-state index contributed by atoms with van der Waals surface area (Å²) in [6.07, 6.45) is 3.33. The van der Waals surface area contributed by atoms with Gasteiger partial charge in [0.05, 0.1) is 11.2 Å². The summed E-state index contributed by atoms with van der Waals surface area (Å²) in [5.41, 5.74) is 3.86. The number of imidazole rings is 1. The molecule has 1 aliphatic heterocycles. The number of aryl methyl sites for hydroxylation is 2. The van der Waals surface area contributed by atoms with Gasteiger partial charge in [-0.05, 0) is 44.5 Å². The van der Waals surface area contributed by atoms with E-state index in [1.54, 1.807) is 0 Å². The smallest absolute Gasteiger partial charge is 0.110 e. The lowest BCUT2D eigenvalue weighted by Gasteiger charge is -2.05. The van der Waals surface area contributed by atoms with Crippen molar-refractivity contribution in [3.8, 4) is 0 Å². The maximum atomic E-state index is 4.74. The van der Waals surface area contributed by atoms with Crippen molar-refractivity contribution in [2.75, 3.05) is 13.1 Å². The van der Waals surface area contributed by atoms with E-state index in [0.717, 1.165) is 18.9 Å². The first-order valence-corrected chi connectivity index (χ1v) is 5.91. The maximum Gasteiger partial charge on any atom is 0.110 e. The van der Waals surface area contributed by atoms with E-state index >= 15 is 0 Å². The van der Waals surface area contributed by atoms with Crippen molar-refractivity contribution < 1.29 is 0 Å². The highest BCUT2D eigenvalue weighted by atomic mass is 15.0. The van der Waals surface area contributed by atoms with Crippen LogP contribution >= 0.6 is 0 Å². The van der Waals surface area contributed by atoms with Crippen LogP contribution in [0.1, 0.15) is 29.4 Å². The molecule has 0 amide bonds. The quantitative estimate of drug-likeness (QED) is 0.788. The minimum atomic E-state index is 0.588. The Morgan fingerprint density at radius 2 is 2.31 bits per heavy atom. The van der Waals surface area contributed by atoms with E-state index in [-0.39, 0.29) is 0 Å². The van der Waals surface area contributed by atoms with Crippen LogP contribution in [0.3, 0.4) is 0 Å². The summed E-state index contributed by atoms with van der Waals surface area (Å²) in [5, 5.41) is 3.41. The van der Waals surface area contributed by atoms with Crippen LogP contribution in [-0.4, -0.2) is 22.5 Å². The van der Waals surface area contributed by atoms with Gasteiger partial charge in [0.15, 0.2) is 0 Å². The number of rotatable bonds is 1. The van der Waals surface area contributed by atoms with E-state index in [4.69, 9.17) is 4.98 Å². The van der Waals surface area contributed by atoms with Crippen molar-refractivity contribution in [2.45, 2.75) is 26.2 Å². The number of hydrogen-bond acceptors (Lipinski definition) is 2. The molecule has 3 nitrogen and oxygen atoms in total. The molecular formula is C13H17N3. The van der Waals surface area contributed by atoms with Crippen LogP contribution in [0.15, 0.2) is 18.3 Å².